The number of anilines is 2. The lowest BCUT2D eigenvalue weighted by atomic mass is 10.2. The average molecular weight is 435 g/mol. The molecule has 0 spiro atoms. The van der Waals surface area contributed by atoms with E-state index in [9.17, 15) is 9.59 Å². The molecule has 144 valence electrons. The first-order valence-corrected chi connectivity index (χ1v) is 9.74. The van der Waals surface area contributed by atoms with Gasteiger partial charge in [-0.25, -0.2) is 9.67 Å². The van der Waals surface area contributed by atoms with Gasteiger partial charge in [-0.05, 0) is 48.0 Å². The van der Waals surface area contributed by atoms with E-state index in [0.29, 0.717) is 17.7 Å². The van der Waals surface area contributed by atoms with Crippen molar-refractivity contribution in [3.05, 3.63) is 35.1 Å². The van der Waals surface area contributed by atoms with E-state index < -0.39 is 0 Å². The van der Waals surface area contributed by atoms with Crippen molar-refractivity contribution in [3.8, 4) is 0 Å². The Morgan fingerprint density at radius 2 is 1.89 bits per heavy atom. The summed E-state index contributed by atoms with van der Waals surface area (Å²) in [5, 5.41) is 9.95. The van der Waals surface area contributed by atoms with Crippen LogP contribution < -0.4 is 10.6 Å². The Morgan fingerprint density at radius 1 is 1.19 bits per heavy atom. The SMILES string of the molecule is CN(CC(=O)Nc1ccc(Br)cn1)CC(=O)Nc1ccnn1C1CCCC1. The number of nitrogens with one attached hydrogen (secondary N) is 2. The van der Waals surface area contributed by atoms with E-state index in [1.165, 1.54) is 12.8 Å². The Morgan fingerprint density at radius 3 is 2.56 bits per heavy atom. The van der Waals surface area contributed by atoms with E-state index in [2.05, 4.69) is 36.6 Å². The van der Waals surface area contributed by atoms with Gasteiger partial charge in [0.15, 0.2) is 0 Å². The monoisotopic (exact) mass is 434 g/mol. The number of amides is 2. The van der Waals surface area contributed by atoms with Gasteiger partial charge in [0, 0.05) is 16.7 Å². The minimum atomic E-state index is -0.226. The molecule has 1 saturated carbocycles. The number of halogens is 1. The Hall–Kier alpha value is -2.26. The Bertz CT molecular complexity index is 785. The molecule has 2 aromatic heterocycles. The van der Waals surface area contributed by atoms with Crippen molar-refractivity contribution < 1.29 is 9.59 Å². The molecule has 2 N–H and O–H groups in total. The van der Waals surface area contributed by atoms with Gasteiger partial charge in [0.25, 0.3) is 0 Å². The van der Waals surface area contributed by atoms with Crippen molar-refractivity contribution in [2.24, 2.45) is 0 Å². The highest BCUT2D eigenvalue weighted by Crippen LogP contribution is 2.31. The van der Waals surface area contributed by atoms with Gasteiger partial charge in [-0.3, -0.25) is 14.5 Å². The minimum Gasteiger partial charge on any atom is -0.310 e. The molecule has 3 rings (SSSR count). The lowest BCUT2D eigenvalue weighted by Crippen LogP contribution is -2.36. The summed E-state index contributed by atoms with van der Waals surface area (Å²) in [6.07, 6.45) is 7.89. The van der Waals surface area contributed by atoms with Gasteiger partial charge < -0.3 is 10.6 Å². The number of carbonyl (C=O) groups is 2. The summed E-state index contributed by atoms with van der Waals surface area (Å²) in [6.45, 7) is 0.198. The average Bonchev–Trinajstić information content (AvgIpc) is 3.27. The maximum atomic E-state index is 12.3. The molecule has 1 aliphatic carbocycles. The van der Waals surface area contributed by atoms with Crippen LogP contribution in [0.2, 0.25) is 0 Å². The molecule has 0 atom stereocenters. The molecular formula is C18H23BrN6O2. The summed E-state index contributed by atoms with van der Waals surface area (Å²) in [6, 6.07) is 5.67. The van der Waals surface area contributed by atoms with Crippen molar-refractivity contribution in [1.82, 2.24) is 19.7 Å². The molecule has 27 heavy (non-hydrogen) atoms. The lowest BCUT2D eigenvalue weighted by molar-refractivity contribution is -0.119. The molecule has 2 amide bonds. The number of carbonyl (C=O) groups excluding carboxylic acids is 2. The van der Waals surface area contributed by atoms with E-state index in [4.69, 9.17) is 0 Å². The fourth-order valence-corrected chi connectivity index (χ4v) is 3.45. The predicted octanol–water partition coefficient (Wildman–Crippen LogP) is 2.66. The van der Waals surface area contributed by atoms with Gasteiger partial charge in [0.05, 0.1) is 25.3 Å². The van der Waals surface area contributed by atoms with Crippen LogP contribution >= 0.6 is 15.9 Å². The fourth-order valence-electron chi connectivity index (χ4n) is 3.21. The largest absolute Gasteiger partial charge is 0.310 e. The topological polar surface area (TPSA) is 92.2 Å². The fraction of sp³-hybridized carbons (Fsp3) is 0.444. The summed E-state index contributed by atoms with van der Waals surface area (Å²) in [7, 11) is 1.72. The second-order valence-corrected chi connectivity index (χ2v) is 7.65. The van der Waals surface area contributed by atoms with Gasteiger partial charge in [-0.15, -0.1) is 0 Å². The first-order valence-electron chi connectivity index (χ1n) is 8.94. The van der Waals surface area contributed by atoms with Gasteiger partial charge in [-0.2, -0.15) is 5.10 Å². The molecule has 0 aliphatic heterocycles. The summed E-state index contributed by atoms with van der Waals surface area (Å²) in [5.41, 5.74) is 0. The molecule has 9 heteroatoms. The smallest absolute Gasteiger partial charge is 0.239 e. The molecule has 8 nitrogen and oxygen atoms in total. The third kappa shape index (κ3) is 5.61. The summed E-state index contributed by atoms with van der Waals surface area (Å²) >= 11 is 3.30. The van der Waals surface area contributed by atoms with E-state index >= 15 is 0 Å². The standard InChI is InChI=1S/C18H23BrN6O2/c1-24(11-17(26)22-15-7-6-13(19)10-20-15)12-18(27)23-16-8-9-21-25(16)14-4-2-3-5-14/h6-10,14H,2-5,11-12H2,1H3,(H,23,27)(H,20,22,26). The molecule has 0 bridgehead atoms. The van der Waals surface area contributed by atoms with Gasteiger partial charge in [-0.1, -0.05) is 12.8 Å². The molecule has 1 fully saturated rings. The number of aromatic nitrogens is 3. The highest BCUT2D eigenvalue weighted by Gasteiger charge is 2.21. The molecule has 0 unspecified atom stereocenters. The minimum absolute atomic E-state index is 0.0903. The van der Waals surface area contributed by atoms with Crippen LogP contribution in [-0.2, 0) is 9.59 Å². The zero-order valence-corrected chi connectivity index (χ0v) is 16.8. The maximum Gasteiger partial charge on any atom is 0.239 e. The number of pyridine rings is 1. The van der Waals surface area contributed by atoms with Gasteiger partial charge in [0.2, 0.25) is 11.8 Å². The van der Waals surface area contributed by atoms with Crippen molar-refractivity contribution in [2.75, 3.05) is 30.8 Å². The van der Waals surface area contributed by atoms with Gasteiger partial charge in [0.1, 0.15) is 11.6 Å². The summed E-state index contributed by atoms with van der Waals surface area (Å²) < 4.78 is 2.74. The first-order chi connectivity index (χ1) is 13.0. The van der Waals surface area contributed by atoms with E-state index in [-0.39, 0.29) is 24.9 Å². The lowest BCUT2D eigenvalue weighted by Gasteiger charge is -2.18. The molecule has 0 saturated heterocycles. The van der Waals surface area contributed by atoms with Gasteiger partial charge >= 0.3 is 0 Å². The third-order valence-corrected chi connectivity index (χ3v) is 4.90. The first kappa shape index (κ1) is 19.5. The van der Waals surface area contributed by atoms with Crippen molar-refractivity contribution >= 4 is 39.4 Å². The second kappa shape index (κ2) is 9.09. The highest BCUT2D eigenvalue weighted by molar-refractivity contribution is 9.10. The highest BCUT2D eigenvalue weighted by atomic mass is 79.9. The molecule has 0 radical (unpaired) electrons. The predicted molar refractivity (Wildman–Crippen MR) is 106 cm³/mol. The number of hydrogen-bond acceptors (Lipinski definition) is 5. The van der Waals surface area contributed by atoms with Crippen LogP contribution in [0.5, 0.6) is 0 Å². The Balaban J connectivity index is 1.47. The molecule has 2 heterocycles. The van der Waals surface area contributed by atoms with Crippen LogP contribution in [0.15, 0.2) is 35.1 Å². The van der Waals surface area contributed by atoms with E-state index in [1.54, 1.807) is 36.5 Å². The third-order valence-electron chi connectivity index (χ3n) is 4.43. The van der Waals surface area contributed by atoms with Crippen LogP contribution in [0.4, 0.5) is 11.6 Å². The van der Waals surface area contributed by atoms with E-state index in [0.717, 1.165) is 17.3 Å². The summed E-state index contributed by atoms with van der Waals surface area (Å²) in [5.74, 6) is 0.785. The van der Waals surface area contributed by atoms with Crippen LogP contribution in [0.3, 0.4) is 0 Å². The van der Waals surface area contributed by atoms with Crippen LogP contribution in [0.25, 0.3) is 0 Å². The van der Waals surface area contributed by atoms with Crippen LogP contribution in [0.1, 0.15) is 31.7 Å². The number of rotatable bonds is 7. The molecule has 2 aromatic rings. The van der Waals surface area contributed by atoms with E-state index in [1.807, 2.05) is 10.7 Å². The summed E-state index contributed by atoms with van der Waals surface area (Å²) in [4.78, 5) is 30.2. The number of hydrogen-bond donors (Lipinski definition) is 2. The normalized spacial score (nSPS) is 14.5. The zero-order valence-electron chi connectivity index (χ0n) is 15.2. The van der Waals surface area contributed by atoms with Crippen molar-refractivity contribution in [3.63, 3.8) is 0 Å². The Kier molecular flexibility index (Phi) is 6.57. The van der Waals surface area contributed by atoms with Crippen molar-refractivity contribution in [2.45, 2.75) is 31.7 Å². The van der Waals surface area contributed by atoms with Crippen LogP contribution in [-0.4, -0.2) is 51.6 Å². The number of likely N-dealkylation sites (N-methyl/N-ethyl adjacent to an activating group) is 1. The maximum absolute atomic E-state index is 12.3. The molecular weight excluding hydrogens is 412 g/mol. The van der Waals surface area contributed by atoms with Crippen LogP contribution in [0, 0.1) is 0 Å². The van der Waals surface area contributed by atoms with Crippen molar-refractivity contribution in [1.29, 1.82) is 0 Å². The number of nitrogens with zero attached hydrogens (tertiary/aromatic N) is 4. The molecule has 0 aromatic carbocycles. The molecule has 1 aliphatic rings. The Labute approximate surface area is 166 Å². The second-order valence-electron chi connectivity index (χ2n) is 6.73. The quantitative estimate of drug-likeness (QED) is 0.698. The zero-order chi connectivity index (χ0) is 19.2.